The molecule has 0 aliphatic carbocycles. The van der Waals surface area contributed by atoms with Gasteiger partial charge >= 0.3 is 0 Å². The van der Waals surface area contributed by atoms with E-state index >= 15 is 0 Å². The first-order valence-electron chi connectivity index (χ1n) is 4.86. The molecule has 2 heterocycles. The number of hydrogen-bond donors (Lipinski definition) is 1. The van der Waals surface area contributed by atoms with E-state index in [-0.39, 0.29) is 12.1 Å². The molecule has 2 aromatic heterocycles. The molecule has 2 N–H and O–H groups in total. The zero-order chi connectivity index (χ0) is 11.7. The van der Waals surface area contributed by atoms with E-state index in [0.29, 0.717) is 0 Å². The van der Waals surface area contributed by atoms with Gasteiger partial charge < -0.3 is 5.73 Å². The van der Waals surface area contributed by atoms with Gasteiger partial charge in [0.15, 0.2) is 0 Å². The van der Waals surface area contributed by atoms with Crippen molar-refractivity contribution in [2.24, 2.45) is 5.73 Å². The molecule has 5 nitrogen and oxygen atoms in total. The molecule has 1 unspecified atom stereocenters. The minimum absolute atomic E-state index is 0.263. The summed E-state index contributed by atoms with van der Waals surface area (Å²) in [4.78, 5) is 0. The molecular weight excluding hydrogens is 290 g/mol. The maximum atomic E-state index is 6.16. The molecule has 0 saturated heterocycles. The van der Waals surface area contributed by atoms with Crippen molar-refractivity contribution < 1.29 is 0 Å². The van der Waals surface area contributed by atoms with Crippen molar-refractivity contribution in [2.45, 2.75) is 25.9 Å². The SMILES string of the molecule is CC(C)n1ncc(Br)c1C(N)c1csnn1. The average Bonchev–Trinajstić information content (AvgIpc) is 2.84. The highest BCUT2D eigenvalue weighted by Gasteiger charge is 2.21. The summed E-state index contributed by atoms with van der Waals surface area (Å²) in [5, 5.41) is 10.1. The average molecular weight is 302 g/mol. The molecule has 1 atom stereocenters. The number of aromatic nitrogens is 4. The van der Waals surface area contributed by atoms with Crippen LogP contribution in [0.1, 0.15) is 37.3 Å². The lowest BCUT2D eigenvalue weighted by atomic mass is 10.1. The van der Waals surface area contributed by atoms with Gasteiger partial charge in [0.05, 0.1) is 28.1 Å². The smallest absolute Gasteiger partial charge is 0.0984 e. The standard InChI is InChI=1S/C9H12BrN5S/c1-5(2)15-9(6(10)3-12-15)8(11)7-4-16-14-13-7/h3-5,8H,11H2,1-2H3. The molecule has 0 aromatic carbocycles. The normalized spacial score (nSPS) is 13.3. The van der Waals surface area contributed by atoms with Crippen molar-refractivity contribution in [3.63, 3.8) is 0 Å². The molecule has 0 spiro atoms. The van der Waals surface area contributed by atoms with Gasteiger partial charge in [-0.05, 0) is 41.3 Å². The van der Waals surface area contributed by atoms with Gasteiger partial charge in [0.1, 0.15) is 0 Å². The number of halogens is 1. The van der Waals surface area contributed by atoms with E-state index in [1.807, 2.05) is 10.1 Å². The molecule has 0 saturated carbocycles. The zero-order valence-electron chi connectivity index (χ0n) is 8.96. The summed E-state index contributed by atoms with van der Waals surface area (Å²) in [6, 6.07) is -0.0306. The fourth-order valence-corrected chi connectivity index (χ4v) is 2.51. The van der Waals surface area contributed by atoms with Gasteiger partial charge in [-0.15, -0.1) is 5.10 Å². The predicted octanol–water partition coefficient (Wildman–Crippen LogP) is 2.13. The van der Waals surface area contributed by atoms with Crippen LogP contribution in [-0.2, 0) is 0 Å². The third-order valence-corrected chi connectivity index (χ3v) is 3.40. The maximum Gasteiger partial charge on any atom is 0.0984 e. The third-order valence-electron chi connectivity index (χ3n) is 2.27. The molecule has 0 aliphatic rings. The van der Waals surface area contributed by atoms with E-state index in [0.717, 1.165) is 15.9 Å². The van der Waals surface area contributed by atoms with Crippen LogP contribution in [0.3, 0.4) is 0 Å². The molecule has 7 heteroatoms. The van der Waals surface area contributed by atoms with Crippen molar-refractivity contribution in [1.29, 1.82) is 0 Å². The van der Waals surface area contributed by atoms with E-state index in [4.69, 9.17) is 5.73 Å². The van der Waals surface area contributed by atoms with Crippen molar-refractivity contribution >= 4 is 27.5 Å². The number of nitrogens with two attached hydrogens (primary N) is 1. The molecule has 2 rings (SSSR count). The van der Waals surface area contributed by atoms with Crippen molar-refractivity contribution in [2.75, 3.05) is 0 Å². The van der Waals surface area contributed by atoms with Gasteiger partial charge in [0.25, 0.3) is 0 Å². The lowest BCUT2D eigenvalue weighted by molar-refractivity contribution is 0.496. The van der Waals surface area contributed by atoms with Gasteiger partial charge in [-0.25, -0.2) is 0 Å². The molecule has 86 valence electrons. The lowest BCUT2D eigenvalue weighted by Crippen LogP contribution is -2.19. The summed E-state index contributed by atoms with van der Waals surface area (Å²) in [6.07, 6.45) is 1.76. The summed E-state index contributed by atoms with van der Waals surface area (Å²) in [6.45, 7) is 4.13. The topological polar surface area (TPSA) is 69.6 Å². The highest BCUT2D eigenvalue weighted by atomic mass is 79.9. The molecule has 0 bridgehead atoms. The summed E-state index contributed by atoms with van der Waals surface area (Å²) in [5.41, 5.74) is 7.86. The van der Waals surface area contributed by atoms with E-state index < -0.39 is 0 Å². The van der Waals surface area contributed by atoms with Crippen molar-refractivity contribution in [3.8, 4) is 0 Å². The fourth-order valence-electron chi connectivity index (χ4n) is 1.50. The van der Waals surface area contributed by atoms with Crippen LogP contribution >= 0.6 is 27.5 Å². The van der Waals surface area contributed by atoms with Crippen LogP contribution < -0.4 is 5.73 Å². The molecule has 0 amide bonds. The molecule has 0 radical (unpaired) electrons. The van der Waals surface area contributed by atoms with Crippen LogP contribution in [-0.4, -0.2) is 19.4 Å². The highest BCUT2D eigenvalue weighted by Crippen LogP contribution is 2.28. The highest BCUT2D eigenvalue weighted by molar-refractivity contribution is 9.10. The van der Waals surface area contributed by atoms with Crippen LogP contribution in [0.25, 0.3) is 0 Å². The minimum atomic E-state index is -0.293. The largest absolute Gasteiger partial charge is 0.318 e. The van der Waals surface area contributed by atoms with Gasteiger partial charge in [-0.2, -0.15) is 5.10 Å². The second-order valence-corrected chi connectivity index (χ2v) is 5.19. The number of hydrogen-bond acceptors (Lipinski definition) is 5. The summed E-state index contributed by atoms with van der Waals surface area (Å²) < 4.78 is 6.63. The van der Waals surface area contributed by atoms with Gasteiger partial charge in [0, 0.05) is 11.4 Å². The summed E-state index contributed by atoms with van der Waals surface area (Å²) in [5.74, 6) is 0. The van der Waals surface area contributed by atoms with Crippen LogP contribution in [0.2, 0.25) is 0 Å². The number of rotatable bonds is 3. The Hall–Kier alpha value is -0.790. The van der Waals surface area contributed by atoms with Gasteiger partial charge in [-0.3, -0.25) is 4.68 Å². The fraction of sp³-hybridized carbons (Fsp3) is 0.444. The van der Waals surface area contributed by atoms with E-state index in [2.05, 4.69) is 44.5 Å². The Labute approximate surface area is 106 Å². The molecular formula is C9H12BrN5S. The Morgan fingerprint density at radius 1 is 1.50 bits per heavy atom. The van der Waals surface area contributed by atoms with E-state index in [1.54, 1.807) is 6.20 Å². The molecule has 0 fully saturated rings. The van der Waals surface area contributed by atoms with Gasteiger partial charge in [0.2, 0.25) is 0 Å². The van der Waals surface area contributed by atoms with Crippen LogP contribution in [0.4, 0.5) is 0 Å². The predicted molar refractivity (Wildman–Crippen MR) is 66.3 cm³/mol. The third kappa shape index (κ3) is 2.02. The molecule has 0 aliphatic heterocycles. The zero-order valence-corrected chi connectivity index (χ0v) is 11.4. The first-order chi connectivity index (χ1) is 7.61. The van der Waals surface area contributed by atoms with Crippen LogP contribution in [0.5, 0.6) is 0 Å². The summed E-state index contributed by atoms with van der Waals surface area (Å²) >= 11 is 4.76. The Morgan fingerprint density at radius 2 is 2.25 bits per heavy atom. The monoisotopic (exact) mass is 301 g/mol. The van der Waals surface area contributed by atoms with Crippen LogP contribution in [0, 0.1) is 0 Å². The second kappa shape index (κ2) is 4.60. The lowest BCUT2D eigenvalue weighted by Gasteiger charge is -2.15. The van der Waals surface area contributed by atoms with E-state index in [9.17, 15) is 0 Å². The van der Waals surface area contributed by atoms with Crippen molar-refractivity contribution in [1.82, 2.24) is 19.4 Å². The second-order valence-electron chi connectivity index (χ2n) is 3.72. The first kappa shape index (κ1) is 11.7. The Balaban J connectivity index is 2.43. The maximum absolute atomic E-state index is 6.16. The Bertz CT molecular complexity index is 464. The minimum Gasteiger partial charge on any atom is -0.318 e. The Morgan fingerprint density at radius 3 is 2.81 bits per heavy atom. The Kier molecular flexibility index (Phi) is 3.36. The summed E-state index contributed by atoms with van der Waals surface area (Å²) in [7, 11) is 0. The quantitative estimate of drug-likeness (QED) is 0.943. The molecule has 2 aromatic rings. The van der Waals surface area contributed by atoms with Crippen molar-refractivity contribution in [3.05, 3.63) is 27.4 Å². The number of nitrogens with zero attached hydrogens (tertiary/aromatic N) is 4. The van der Waals surface area contributed by atoms with Gasteiger partial charge in [-0.1, -0.05) is 4.49 Å². The molecule has 16 heavy (non-hydrogen) atoms. The van der Waals surface area contributed by atoms with Crippen LogP contribution in [0.15, 0.2) is 16.0 Å². The first-order valence-corrected chi connectivity index (χ1v) is 6.49. The van der Waals surface area contributed by atoms with E-state index in [1.165, 1.54) is 11.5 Å².